The number of aliphatic hydroxyl groups excluding tert-OH is 1. The normalized spacial score (nSPS) is 15.3. The van der Waals surface area contributed by atoms with Crippen molar-refractivity contribution in [1.29, 1.82) is 0 Å². The number of hydrogen-bond donors (Lipinski definition) is 3. The molecule has 9 heteroatoms. The van der Waals surface area contributed by atoms with Crippen molar-refractivity contribution in [3.63, 3.8) is 0 Å². The molecule has 0 heterocycles. The Bertz CT molecular complexity index is 627. The van der Waals surface area contributed by atoms with E-state index in [1.54, 1.807) is 0 Å². The minimum atomic E-state index is -4.46. The van der Waals surface area contributed by atoms with Gasteiger partial charge in [0.2, 0.25) is 0 Å². The van der Waals surface area contributed by atoms with Crippen LogP contribution in [0, 0.1) is 0 Å². The second-order valence-corrected chi connectivity index (χ2v) is 12.8. The summed E-state index contributed by atoms with van der Waals surface area (Å²) in [5.41, 5.74) is -0.397. The van der Waals surface area contributed by atoms with Crippen molar-refractivity contribution >= 4 is 14.4 Å². The van der Waals surface area contributed by atoms with Crippen molar-refractivity contribution in [1.82, 2.24) is 5.32 Å². The van der Waals surface area contributed by atoms with E-state index in [2.05, 4.69) is 5.32 Å². The van der Waals surface area contributed by atoms with Crippen LogP contribution in [0.5, 0.6) is 0 Å². The van der Waals surface area contributed by atoms with Crippen LogP contribution in [0.3, 0.4) is 0 Å². The maximum atomic E-state index is 12.7. The first kappa shape index (κ1) is 23.5. The summed E-state index contributed by atoms with van der Waals surface area (Å²) in [6.45, 7) is 9.73. The fourth-order valence-electron chi connectivity index (χ4n) is 2.32. The molecule has 1 rings (SSSR count). The third kappa shape index (κ3) is 6.51. The van der Waals surface area contributed by atoms with Gasteiger partial charge in [0, 0.05) is 5.92 Å². The average molecular weight is 408 g/mol. The third-order valence-electron chi connectivity index (χ3n) is 5.09. The van der Waals surface area contributed by atoms with Crippen molar-refractivity contribution in [2.75, 3.05) is 13.2 Å². The number of carboxylic acid groups (broad SMARTS) is 1. The number of carbonyl (C=O) groups is 1. The van der Waals surface area contributed by atoms with Crippen LogP contribution in [0.15, 0.2) is 24.3 Å². The predicted molar refractivity (Wildman–Crippen MR) is 99.4 cm³/mol. The fourth-order valence-corrected chi connectivity index (χ4v) is 3.35. The quantitative estimate of drug-likeness (QED) is 0.584. The van der Waals surface area contributed by atoms with E-state index < -0.39 is 44.7 Å². The third-order valence-corrected chi connectivity index (χ3v) is 9.59. The highest BCUT2D eigenvalue weighted by molar-refractivity contribution is 6.74. The molecule has 0 bridgehead atoms. The number of benzene rings is 1. The number of rotatable bonds is 7. The summed E-state index contributed by atoms with van der Waals surface area (Å²) < 4.78 is 44.3. The number of amides is 1. The number of aliphatic hydroxyl groups is 1. The summed E-state index contributed by atoms with van der Waals surface area (Å²) in [5.74, 6) is -0.729. The van der Waals surface area contributed by atoms with Crippen LogP contribution in [-0.4, -0.2) is 43.9 Å². The monoisotopic (exact) mass is 407 g/mol. The summed E-state index contributed by atoms with van der Waals surface area (Å²) in [4.78, 5) is 11.2. The van der Waals surface area contributed by atoms with E-state index in [4.69, 9.17) is 9.53 Å². The SMILES string of the molecule is CC(C)(C)[Si](C)(C)OC[C@@H](NC(=O)O)[C@@H](CO)c1ccc(C(F)(F)F)cc1. The van der Waals surface area contributed by atoms with Gasteiger partial charge in [0.05, 0.1) is 24.8 Å². The zero-order valence-electron chi connectivity index (χ0n) is 16.2. The minimum Gasteiger partial charge on any atom is -0.465 e. The molecule has 1 aromatic rings. The molecule has 5 nitrogen and oxygen atoms in total. The Morgan fingerprint density at radius 1 is 1.19 bits per heavy atom. The highest BCUT2D eigenvalue weighted by Gasteiger charge is 2.38. The summed E-state index contributed by atoms with van der Waals surface area (Å²) in [6.07, 6.45) is -5.75. The molecule has 1 amide bonds. The molecule has 27 heavy (non-hydrogen) atoms. The molecule has 0 saturated heterocycles. The van der Waals surface area contributed by atoms with E-state index in [0.717, 1.165) is 12.1 Å². The summed E-state index contributed by atoms with van der Waals surface area (Å²) in [6, 6.07) is 3.56. The average Bonchev–Trinajstić information content (AvgIpc) is 2.51. The lowest BCUT2D eigenvalue weighted by Gasteiger charge is -2.38. The lowest BCUT2D eigenvalue weighted by molar-refractivity contribution is -0.137. The Labute approximate surface area is 158 Å². The molecule has 0 saturated carbocycles. The maximum absolute atomic E-state index is 12.7. The van der Waals surface area contributed by atoms with Crippen LogP contribution < -0.4 is 5.32 Å². The topological polar surface area (TPSA) is 78.8 Å². The van der Waals surface area contributed by atoms with Crippen molar-refractivity contribution in [2.24, 2.45) is 0 Å². The molecule has 0 aromatic heterocycles. The first-order valence-corrected chi connectivity index (χ1v) is 11.5. The summed E-state index contributed by atoms with van der Waals surface area (Å²) in [7, 11) is -2.18. The van der Waals surface area contributed by atoms with E-state index in [-0.39, 0.29) is 11.6 Å². The Morgan fingerprint density at radius 2 is 1.70 bits per heavy atom. The molecule has 0 aliphatic rings. The van der Waals surface area contributed by atoms with Gasteiger partial charge in [-0.2, -0.15) is 13.2 Å². The standard InChI is InChI=1S/C18H28F3NO4Si/c1-17(2,3)27(4,5)26-11-15(22-16(24)25)14(10-23)12-6-8-13(9-7-12)18(19,20)21/h6-9,14-15,22-23H,10-11H2,1-5H3,(H,24,25)/t14-,15+/m0/s1. The van der Waals surface area contributed by atoms with Crippen molar-refractivity contribution in [2.45, 2.75) is 57.0 Å². The second-order valence-electron chi connectivity index (χ2n) is 8.04. The van der Waals surface area contributed by atoms with Crippen LogP contribution in [0.4, 0.5) is 18.0 Å². The summed E-state index contributed by atoms with van der Waals surface area (Å²) >= 11 is 0. The first-order valence-electron chi connectivity index (χ1n) is 8.60. The highest BCUT2D eigenvalue weighted by Crippen LogP contribution is 2.37. The van der Waals surface area contributed by atoms with Gasteiger partial charge in [-0.1, -0.05) is 32.9 Å². The van der Waals surface area contributed by atoms with Crippen molar-refractivity contribution in [3.05, 3.63) is 35.4 Å². The first-order chi connectivity index (χ1) is 12.2. The molecule has 2 atom stereocenters. The van der Waals surface area contributed by atoms with E-state index in [1.807, 2.05) is 33.9 Å². The lowest BCUT2D eigenvalue weighted by Crippen LogP contribution is -2.48. The van der Waals surface area contributed by atoms with E-state index in [1.165, 1.54) is 12.1 Å². The van der Waals surface area contributed by atoms with Gasteiger partial charge in [0.15, 0.2) is 8.32 Å². The number of nitrogens with one attached hydrogen (secondary N) is 1. The fraction of sp³-hybridized carbons (Fsp3) is 0.611. The molecular weight excluding hydrogens is 379 g/mol. The van der Waals surface area contributed by atoms with Crippen LogP contribution in [-0.2, 0) is 10.6 Å². The predicted octanol–water partition coefficient (Wildman–Crippen LogP) is 4.44. The molecule has 0 spiro atoms. The van der Waals surface area contributed by atoms with Crippen molar-refractivity contribution < 1.29 is 32.6 Å². The van der Waals surface area contributed by atoms with Crippen LogP contribution >= 0.6 is 0 Å². The molecule has 3 N–H and O–H groups in total. The van der Waals surface area contributed by atoms with E-state index >= 15 is 0 Å². The van der Waals surface area contributed by atoms with Gasteiger partial charge in [-0.25, -0.2) is 4.79 Å². The second kappa shape index (κ2) is 8.62. The largest absolute Gasteiger partial charge is 0.465 e. The molecule has 154 valence electrons. The van der Waals surface area contributed by atoms with Crippen LogP contribution in [0.2, 0.25) is 18.1 Å². The molecule has 0 aliphatic heterocycles. The lowest BCUT2D eigenvalue weighted by atomic mass is 9.92. The smallest absolute Gasteiger partial charge is 0.416 e. The Morgan fingerprint density at radius 3 is 2.07 bits per heavy atom. The molecular formula is C18H28F3NO4Si. The van der Waals surface area contributed by atoms with Gasteiger partial charge in [-0.05, 0) is 35.8 Å². The molecule has 0 aliphatic carbocycles. The van der Waals surface area contributed by atoms with Gasteiger partial charge in [0.25, 0.3) is 0 Å². The Hall–Kier alpha value is -1.58. The molecule has 0 radical (unpaired) electrons. The Kier molecular flexibility index (Phi) is 7.49. The Balaban J connectivity index is 3.07. The van der Waals surface area contributed by atoms with Crippen LogP contribution in [0.1, 0.15) is 37.8 Å². The molecule has 0 unspecified atom stereocenters. The van der Waals surface area contributed by atoms with Gasteiger partial charge in [0.1, 0.15) is 0 Å². The number of hydrogen-bond acceptors (Lipinski definition) is 3. The zero-order valence-corrected chi connectivity index (χ0v) is 17.2. The van der Waals surface area contributed by atoms with Gasteiger partial charge >= 0.3 is 12.3 Å². The minimum absolute atomic E-state index is 0.0229. The van der Waals surface area contributed by atoms with Crippen LogP contribution in [0.25, 0.3) is 0 Å². The number of halogens is 3. The molecule has 1 aromatic carbocycles. The number of alkyl halides is 3. The highest BCUT2D eigenvalue weighted by atomic mass is 28.4. The van der Waals surface area contributed by atoms with E-state index in [0.29, 0.717) is 5.56 Å². The molecule has 0 fully saturated rings. The zero-order chi connectivity index (χ0) is 21.0. The van der Waals surface area contributed by atoms with Gasteiger partial charge in [-0.3, -0.25) is 0 Å². The summed E-state index contributed by atoms with van der Waals surface area (Å²) in [5, 5.41) is 21.1. The maximum Gasteiger partial charge on any atom is 0.416 e. The van der Waals surface area contributed by atoms with Gasteiger partial charge < -0.3 is 20.0 Å². The van der Waals surface area contributed by atoms with E-state index in [9.17, 15) is 23.1 Å². The van der Waals surface area contributed by atoms with Gasteiger partial charge in [-0.15, -0.1) is 0 Å². The van der Waals surface area contributed by atoms with Crippen molar-refractivity contribution in [3.8, 4) is 0 Å².